The van der Waals surface area contributed by atoms with Crippen molar-refractivity contribution in [1.29, 1.82) is 0 Å². The van der Waals surface area contributed by atoms with E-state index in [2.05, 4.69) is 20.5 Å². The van der Waals surface area contributed by atoms with Crippen molar-refractivity contribution in [3.8, 4) is 22.8 Å². The minimum absolute atomic E-state index is 0.0657. The first-order chi connectivity index (χ1) is 14.9. The number of thiazole rings is 1. The van der Waals surface area contributed by atoms with Gasteiger partial charge in [0.05, 0.1) is 17.1 Å². The molecule has 162 valence electrons. The average Bonchev–Trinajstić information content (AvgIpc) is 3.50. The van der Waals surface area contributed by atoms with Crippen LogP contribution >= 0.6 is 11.3 Å². The summed E-state index contributed by atoms with van der Waals surface area (Å²) in [4.78, 5) is 18.0. The van der Waals surface area contributed by atoms with Crippen LogP contribution in [0.1, 0.15) is 28.0 Å². The molecule has 0 aliphatic carbocycles. The third kappa shape index (κ3) is 3.77. The summed E-state index contributed by atoms with van der Waals surface area (Å²) < 4.78 is 36.4. The number of rotatable bonds is 5. The van der Waals surface area contributed by atoms with Crippen LogP contribution in [0.25, 0.3) is 11.3 Å². The number of hydrogen-bond acceptors (Lipinski definition) is 8. The highest BCUT2D eigenvalue weighted by Gasteiger charge is 2.28. The zero-order chi connectivity index (χ0) is 21.6. The normalized spacial score (nSPS) is 15.6. The molecular formula is C19H19N5O5S2. The van der Waals surface area contributed by atoms with Gasteiger partial charge in [-0.2, -0.15) is 9.40 Å². The molecule has 5 rings (SSSR count). The summed E-state index contributed by atoms with van der Waals surface area (Å²) in [6.45, 7) is 2.51. The number of amides is 1. The number of sulfonamides is 1. The Labute approximate surface area is 182 Å². The molecule has 10 nitrogen and oxygen atoms in total. The Morgan fingerprint density at radius 2 is 2.13 bits per heavy atom. The molecule has 2 aliphatic heterocycles. The van der Waals surface area contributed by atoms with E-state index in [1.165, 1.54) is 15.6 Å². The summed E-state index contributed by atoms with van der Waals surface area (Å²) in [5, 5.41) is 10.2. The standard InChI is InChI=1S/C19H19N5O5S2/c1-2-31(26,27)24-6-5-12-17(9-24)30-19(20-12)21-18(25)14-8-13(22-23-14)11-3-4-15-16(7-11)29-10-28-15/h3-4,7-8H,2,5-6,9-10H2,1H3,(H,22,23)(H,20,21,25). The monoisotopic (exact) mass is 461 g/mol. The number of fused-ring (bicyclic) bond motifs is 2. The van der Waals surface area contributed by atoms with Crippen LogP contribution in [0.5, 0.6) is 11.5 Å². The maximum Gasteiger partial charge on any atom is 0.275 e. The Hall–Kier alpha value is -2.96. The van der Waals surface area contributed by atoms with Crippen molar-refractivity contribution in [2.45, 2.75) is 19.9 Å². The van der Waals surface area contributed by atoms with E-state index >= 15 is 0 Å². The molecule has 0 spiro atoms. The van der Waals surface area contributed by atoms with Gasteiger partial charge < -0.3 is 9.47 Å². The van der Waals surface area contributed by atoms with Gasteiger partial charge in [0.1, 0.15) is 5.69 Å². The summed E-state index contributed by atoms with van der Waals surface area (Å²) in [5.74, 6) is 1.01. The van der Waals surface area contributed by atoms with Gasteiger partial charge in [-0.3, -0.25) is 15.2 Å². The largest absolute Gasteiger partial charge is 0.454 e. The molecule has 4 heterocycles. The molecule has 1 amide bonds. The fourth-order valence-electron chi connectivity index (χ4n) is 3.45. The van der Waals surface area contributed by atoms with Gasteiger partial charge in [-0.15, -0.1) is 11.3 Å². The molecule has 3 aromatic rings. The lowest BCUT2D eigenvalue weighted by molar-refractivity contribution is 0.102. The Morgan fingerprint density at radius 3 is 2.97 bits per heavy atom. The molecule has 2 N–H and O–H groups in total. The van der Waals surface area contributed by atoms with Crippen LogP contribution in [0, 0.1) is 0 Å². The molecule has 31 heavy (non-hydrogen) atoms. The molecular weight excluding hydrogens is 442 g/mol. The third-order valence-corrected chi connectivity index (χ3v) is 7.99. The van der Waals surface area contributed by atoms with Crippen molar-refractivity contribution >= 4 is 32.4 Å². The molecule has 0 saturated heterocycles. The van der Waals surface area contributed by atoms with Crippen LogP contribution in [0.4, 0.5) is 5.13 Å². The predicted molar refractivity (Wildman–Crippen MR) is 114 cm³/mol. The molecule has 0 unspecified atom stereocenters. The van der Waals surface area contributed by atoms with E-state index in [9.17, 15) is 13.2 Å². The van der Waals surface area contributed by atoms with E-state index in [-0.39, 0.29) is 30.7 Å². The number of benzene rings is 1. The number of carbonyl (C=O) groups excluding carboxylic acids is 1. The molecule has 0 atom stereocenters. The Bertz CT molecular complexity index is 1270. The number of ether oxygens (including phenoxy) is 2. The summed E-state index contributed by atoms with van der Waals surface area (Å²) in [6.07, 6.45) is 0.527. The second-order valence-corrected chi connectivity index (χ2v) is 10.4. The Kier molecular flexibility index (Phi) is 4.91. The van der Waals surface area contributed by atoms with E-state index in [1.807, 2.05) is 12.1 Å². The van der Waals surface area contributed by atoms with Crippen LogP contribution in [0.2, 0.25) is 0 Å². The maximum atomic E-state index is 12.7. The van der Waals surface area contributed by atoms with Gasteiger partial charge in [0, 0.05) is 30.0 Å². The van der Waals surface area contributed by atoms with Crippen LogP contribution in [-0.4, -0.2) is 52.9 Å². The predicted octanol–water partition coefficient (Wildman–Crippen LogP) is 2.22. The van der Waals surface area contributed by atoms with Gasteiger partial charge in [-0.25, -0.2) is 13.4 Å². The van der Waals surface area contributed by atoms with Crippen molar-refractivity contribution in [1.82, 2.24) is 19.5 Å². The lowest BCUT2D eigenvalue weighted by Gasteiger charge is -2.24. The van der Waals surface area contributed by atoms with E-state index < -0.39 is 10.0 Å². The van der Waals surface area contributed by atoms with Crippen molar-refractivity contribution in [2.24, 2.45) is 0 Å². The van der Waals surface area contributed by atoms with E-state index in [4.69, 9.17) is 9.47 Å². The van der Waals surface area contributed by atoms with Gasteiger partial charge >= 0.3 is 0 Å². The number of carbonyl (C=O) groups is 1. The Balaban J connectivity index is 1.30. The highest BCUT2D eigenvalue weighted by molar-refractivity contribution is 7.89. The lowest BCUT2D eigenvalue weighted by atomic mass is 10.1. The zero-order valence-electron chi connectivity index (χ0n) is 16.5. The highest BCUT2D eigenvalue weighted by Crippen LogP contribution is 2.35. The van der Waals surface area contributed by atoms with E-state index in [1.54, 1.807) is 19.1 Å². The first-order valence-corrected chi connectivity index (χ1v) is 12.1. The fraction of sp³-hybridized carbons (Fsp3) is 0.316. The molecule has 0 fully saturated rings. The second-order valence-electron chi connectivity index (χ2n) is 7.06. The highest BCUT2D eigenvalue weighted by atomic mass is 32.2. The summed E-state index contributed by atoms with van der Waals surface area (Å²) in [6, 6.07) is 7.10. The summed E-state index contributed by atoms with van der Waals surface area (Å²) in [7, 11) is -3.25. The maximum absolute atomic E-state index is 12.7. The number of H-pyrrole nitrogens is 1. The van der Waals surface area contributed by atoms with Crippen molar-refractivity contribution in [3.05, 3.63) is 40.5 Å². The van der Waals surface area contributed by atoms with Crippen LogP contribution in [0.3, 0.4) is 0 Å². The van der Waals surface area contributed by atoms with E-state index in [0.717, 1.165) is 16.1 Å². The second kappa shape index (κ2) is 7.62. The molecule has 0 radical (unpaired) electrons. The zero-order valence-corrected chi connectivity index (χ0v) is 18.2. The third-order valence-electron chi connectivity index (χ3n) is 5.17. The summed E-state index contributed by atoms with van der Waals surface area (Å²) >= 11 is 1.29. The van der Waals surface area contributed by atoms with Gasteiger partial charge in [-0.05, 0) is 31.2 Å². The van der Waals surface area contributed by atoms with Gasteiger partial charge in [-0.1, -0.05) is 0 Å². The minimum atomic E-state index is -3.25. The number of hydrogen-bond donors (Lipinski definition) is 2. The minimum Gasteiger partial charge on any atom is -0.454 e. The average molecular weight is 462 g/mol. The Morgan fingerprint density at radius 1 is 1.29 bits per heavy atom. The topological polar surface area (TPSA) is 127 Å². The molecule has 2 aromatic heterocycles. The van der Waals surface area contributed by atoms with Crippen molar-refractivity contribution in [3.63, 3.8) is 0 Å². The molecule has 2 aliphatic rings. The first-order valence-electron chi connectivity index (χ1n) is 9.66. The van der Waals surface area contributed by atoms with Gasteiger partial charge in [0.2, 0.25) is 16.8 Å². The van der Waals surface area contributed by atoms with Crippen molar-refractivity contribution in [2.75, 3.05) is 24.4 Å². The summed E-state index contributed by atoms with van der Waals surface area (Å²) in [5.41, 5.74) is 2.51. The lowest BCUT2D eigenvalue weighted by Crippen LogP contribution is -2.36. The van der Waals surface area contributed by atoms with Gasteiger partial charge in [0.15, 0.2) is 16.6 Å². The van der Waals surface area contributed by atoms with Crippen LogP contribution in [-0.2, 0) is 23.0 Å². The molecule has 0 saturated carbocycles. The molecule has 12 heteroatoms. The number of anilines is 1. The van der Waals surface area contributed by atoms with E-state index in [0.29, 0.717) is 35.3 Å². The van der Waals surface area contributed by atoms with Crippen LogP contribution < -0.4 is 14.8 Å². The number of nitrogens with one attached hydrogen (secondary N) is 2. The molecule has 0 bridgehead atoms. The first kappa shape index (κ1) is 20.0. The molecule has 1 aromatic carbocycles. The number of aromatic nitrogens is 3. The number of nitrogens with zero attached hydrogens (tertiary/aromatic N) is 3. The smallest absolute Gasteiger partial charge is 0.275 e. The number of aromatic amines is 1. The van der Waals surface area contributed by atoms with Crippen LogP contribution in [0.15, 0.2) is 24.3 Å². The van der Waals surface area contributed by atoms with Gasteiger partial charge in [0.25, 0.3) is 5.91 Å². The van der Waals surface area contributed by atoms with Crippen molar-refractivity contribution < 1.29 is 22.7 Å². The SMILES string of the molecule is CCS(=O)(=O)N1CCc2nc(NC(=O)c3cc(-c4ccc5c(c4)OCO5)n[nH]3)sc2C1. The quantitative estimate of drug-likeness (QED) is 0.596. The fourth-order valence-corrected chi connectivity index (χ4v) is 5.61.